The summed E-state index contributed by atoms with van der Waals surface area (Å²) in [6.07, 6.45) is 3.01. The number of benzene rings is 1. The third kappa shape index (κ3) is 4.62. The van der Waals surface area contributed by atoms with Gasteiger partial charge in [0.2, 0.25) is 6.33 Å². The lowest BCUT2D eigenvalue weighted by atomic mass is 10.2. The molecule has 4 N–H and O–H groups in total. The van der Waals surface area contributed by atoms with E-state index in [1.165, 1.54) is 23.1 Å². The van der Waals surface area contributed by atoms with Crippen LogP contribution in [0.3, 0.4) is 0 Å². The molecule has 0 atom stereocenters. The van der Waals surface area contributed by atoms with Gasteiger partial charge >= 0.3 is 0 Å². The molecule has 2 aromatic rings. The number of nitrogen functional groups attached to an aromatic ring is 1. The van der Waals surface area contributed by atoms with Crippen LogP contribution in [0, 0.1) is 6.92 Å². The molecule has 2 rings (SSSR count). The van der Waals surface area contributed by atoms with Crippen LogP contribution in [0.4, 0.5) is 0 Å². The van der Waals surface area contributed by atoms with Gasteiger partial charge in [-0.1, -0.05) is 17.7 Å². The normalized spacial score (nSPS) is 10.5. The predicted octanol–water partition coefficient (Wildman–Crippen LogP) is -0.347. The SMILES string of the molecule is Cc1ccc(S(=O)(=O)O)cc1.N[n+]1cn[nH]c1. The van der Waals surface area contributed by atoms with Crippen LogP contribution in [-0.2, 0) is 10.1 Å². The number of nitrogens with zero attached hydrogens (tertiary/aromatic N) is 2. The Morgan fingerprint density at radius 3 is 2.24 bits per heavy atom. The fourth-order valence-corrected chi connectivity index (χ4v) is 1.42. The zero-order valence-electron chi connectivity index (χ0n) is 9.11. The molecule has 92 valence electrons. The predicted molar refractivity (Wildman–Crippen MR) is 59.9 cm³/mol. The fraction of sp³-hybridized carbons (Fsp3) is 0.111. The van der Waals surface area contributed by atoms with Crippen molar-refractivity contribution in [1.29, 1.82) is 0 Å². The maximum atomic E-state index is 10.5. The molecule has 0 spiro atoms. The Kier molecular flexibility index (Phi) is 4.18. The Hall–Kier alpha value is -1.93. The Bertz CT molecular complexity index is 548. The van der Waals surface area contributed by atoms with E-state index in [2.05, 4.69) is 10.2 Å². The number of hydrogen-bond acceptors (Lipinski definition) is 4. The quantitative estimate of drug-likeness (QED) is 0.367. The third-order valence-corrected chi connectivity index (χ3v) is 2.66. The van der Waals surface area contributed by atoms with Crippen molar-refractivity contribution in [3.8, 4) is 0 Å². The van der Waals surface area contributed by atoms with Gasteiger partial charge in [-0.15, -0.1) is 9.77 Å². The largest absolute Gasteiger partial charge is 0.294 e. The number of H-pyrrole nitrogens is 1. The molecule has 0 aliphatic heterocycles. The summed E-state index contributed by atoms with van der Waals surface area (Å²) >= 11 is 0. The number of aryl methyl sites for hydroxylation is 1. The zero-order valence-corrected chi connectivity index (χ0v) is 9.92. The molecule has 1 aromatic carbocycles. The molecule has 0 aliphatic rings. The molecule has 0 amide bonds. The summed E-state index contributed by atoms with van der Waals surface area (Å²) in [4.78, 5) is -0.0666. The molecule has 1 aromatic heterocycles. The van der Waals surface area contributed by atoms with E-state index in [0.29, 0.717) is 0 Å². The minimum Gasteiger partial charge on any atom is -0.289 e. The van der Waals surface area contributed by atoms with E-state index < -0.39 is 10.1 Å². The molecule has 7 nitrogen and oxygen atoms in total. The molecule has 0 unspecified atom stereocenters. The van der Waals surface area contributed by atoms with Crippen molar-refractivity contribution in [2.24, 2.45) is 0 Å². The van der Waals surface area contributed by atoms with E-state index >= 15 is 0 Å². The minimum absolute atomic E-state index is 0.0666. The van der Waals surface area contributed by atoms with Crippen molar-refractivity contribution < 1.29 is 17.6 Å². The van der Waals surface area contributed by atoms with E-state index in [1.54, 1.807) is 18.5 Å². The van der Waals surface area contributed by atoms with Crippen LogP contribution in [0.15, 0.2) is 41.8 Å². The zero-order chi connectivity index (χ0) is 12.9. The van der Waals surface area contributed by atoms with Gasteiger partial charge in [-0.05, 0) is 19.1 Å². The van der Waals surface area contributed by atoms with Gasteiger partial charge in [-0.25, -0.2) is 0 Å². The second-order valence-electron chi connectivity index (χ2n) is 3.24. The van der Waals surface area contributed by atoms with Crippen LogP contribution in [0.1, 0.15) is 5.56 Å². The lowest BCUT2D eigenvalue weighted by Gasteiger charge is -1.95. The number of nitrogens with one attached hydrogen (secondary N) is 1. The van der Waals surface area contributed by atoms with Crippen molar-refractivity contribution in [1.82, 2.24) is 10.2 Å². The van der Waals surface area contributed by atoms with Gasteiger partial charge in [-0.3, -0.25) is 10.4 Å². The van der Waals surface area contributed by atoms with Gasteiger partial charge in [0.1, 0.15) is 0 Å². The Morgan fingerprint density at radius 1 is 1.35 bits per heavy atom. The Morgan fingerprint density at radius 2 is 1.94 bits per heavy atom. The minimum atomic E-state index is -4.02. The average Bonchev–Trinajstić information content (AvgIpc) is 2.69. The molecule has 0 saturated carbocycles. The molecular formula is C9H13N4O3S+. The van der Waals surface area contributed by atoms with Crippen molar-refractivity contribution in [3.63, 3.8) is 0 Å². The number of aromatic nitrogens is 3. The highest BCUT2D eigenvalue weighted by molar-refractivity contribution is 7.85. The Balaban J connectivity index is 0.000000202. The first kappa shape index (κ1) is 13.1. The number of hydrogen-bond donors (Lipinski definition) is 3. The average molecular weight is 257 g/mol. The van der Waals surface area contributed by atoms with E-state index in [4.69, 9.17) is 10.4 Å². The maximum Gasteiger partial charge on any atom is 0.294 e. The molecule has 0 bridgehead atoms. The molecule has 0 radical (unpaired) electrons. The Labute approximate surface area is 98.6 Å². The van der Waals surface area contributed by atoms with E-state index in [0.717, 1.165) is 5.56 Å². The highest BCUT2D eigenvalue weighted by Crippen LogP contribution is 2.08. The molecule has 17 heavy (non-hydrogen) atoms. The summed E-state index contributed by atoms with van der Waals surface area (Å²) in [6.45, 7) is 1.84. The topological polar surface area (TPSA) is 113 Å². The van der Waals surface area contributed by atoms with Crippen LogP contribution in [0.2, 0.25) is 0 Å². The van der Waals surface area contributed by atoms with Crippen LogP contribution >= 0.6 is 0 Å². The second-order valence-corrected chi connectivity index (χ2v) is 4.66. The van der Waals surface area contributed by atoms with E-state index in [9.17, 15) is 8.42 Å². The molecule has 0 aliphatic carbocycles. The lowest BCUT2D eigenvalue weighted by molar-refractivity contribution is -0.638. The summed E-state index contributed by atoms with van der Waals surface area (Å²) in [6, 6.07) is 5.99. The number of nitrogens with two attached hydrogens (primary N) is 1. The second kappa shape index (κ2) is 5.41. The molecule has 1 heterocycles. The first-order valence-electron chi connectivity index (χ1n) is 4.59. The van der Waals surface area contributed by atoms with Gasteiger partial charge in [0.05, 0.1) is 4.90 Å². The first-order valence-corrected chi connectivity index (χ1v) is 6.03. The molecule has 0 fully saturated rings. The van der Waals surface area contributed by atoms with Crippen LogP contribution in [-0.4, -0.2) is 23.2 Å². The summed E-state index contributed by atoms with van der Waals surface area (Å²) in [5, 5.41) is 6.05. The van der Waals surface area contributed by atoms with E-state index in [1.807, 2.05) is 6.92 Å². The smallest absolute Gasteiger partial charge is 0.289 e. The summed E-state index contributed by atoms with van der Waals surface area (Å²) < 4.78 is 30.9. The van der Waals surface area contributed by atoms with Crippen LogP contribution in [0.25, 0.3) is 0 Å². The maximum absolute atomic E-state index is 10.5. The summed E-state index contributed by atoms with van der Waals surface area (Å²) in [7, 11) is -4.02. The number of rotatable bonds is 1. The number of aromatic amines is 1. The van der Waals surface area contributed by atoms with Crippen LogP contribution < -0.4 is 10.5 Å². The van der Waals surface area contributed by atoms with Crippen LogP contribution in [0.5, 0.6) is 0 Å². The monoisotopic (exact) mass is 257 g/mol. The van der Waals surface area contributed by atoms with Crippen molar-refractivity contribution in [2.45, 2.75) is 11.8 Å². The molecular weight excluding hydrogens is 244 g/mol. The fourth-order valence-electron chi connectivity index (χ4n) is 0.944. The lowest BCUT2D eigenvalue weighted by Crippen LogP contribution is -2.41. The van der Waals surface area contributed by atoms with Gasteiger partial charge in [0.15, 0.2) is 0 Å². The van der Waals surface area contributed by atoms with Gasteiger partial charge < -0.3 is 0 Å². The van der Waals surface area contributed by atoms with Gasteiger partial charge in [-0.2, -0.15) is 8.42 Å². The standard InChI is InChI=1S/C7H8O3S.C2H4N4/c1-6-2-4-7(5-3-6)11(8,9)10;3-6-1-4-5-2-6/h2-5H,1H3,(H,8,9,10);1-2H,3H2/p+1. The van der Waals surface area contributed by atoms with Crippen molar-refractivity contribution in [2.75, 3.05) is 5.84 Å². The van der Waals surface area contributed by atoms with E-state index in [-0.39, 0.29) is 4.90 Å². The summed E-state index contributed by atoms with van der Waals surface area (Å²) in [5.41, 5.74) is 0.956. The third-order valence-electron chi connectivity index (χ3n) is 1.79. The van der Waals surface area contributed by atoms with Crippen molar-refractivity contribution >= 4 is 10.1 Å². The van der Waals surface area contributed by atoms with Crippen molar-refractivity contribution in [3.05, 3.63) is 42.5 Å². The molecule has 0 saturated heterocycles. The summed E-state index contributed by atoms with van der Waals surface area (Å²) in [5.74, 6) is 5.10. The van der Waals surface area contributed by atoms with Gasteiger partial charge in [0, 0.05) is 5.10 Å². The highest BCUT2D eigenvalue weighted by Gasteiger charge is 2.06. The molecule has 8 heteroatoms. The highest BCUT2D eigenvalue weighted by atomic mass is 32.2. The van der Waals surface area contributed by atoms with Gasteiger partial charge in [0.25, 0.3) is 16.4 Å². The first-order chi connectivity index (χ1) is 7.89.